The van der Waals surface area contributed by atoms with Gasteiger partial charge in [0.05, 0.1) is 6.20 Å². The van der Waals surface area contributed by atoms with Gasteiger partial charge in [-0.3, -0.25) is 4.90 Å². The Bertz CT molecular complexity index is 918. The highest BCUT2D eigenvalue weighted by atomic mass is 19.1. The molecule has 3 aliphatic rings. The van der Waals surface area contributed by atoms with Crippen LogP contribution in [0, 0.1) is 5.82 Å². The smallest absolute Gasteiger partial charge is 0.247 e. The van der Waals surface area contributed by atoms with Gasteiger partial charge in [-0.1, -0.05) is 0 Å². The van der Waals surface area contributed by atoms with E-state index in [1.54, 1.807) is 11.1 Å². The lowest BCUT2D eigenvalue weighted by Crippen LogP contribution is -2.45. The highest BCUT2D eigenvalue weighted by molar-refractivity contribution is 6.01. The van der Waals surface area contributed by atoms with Gasteiger partial charge in [0.25, 0.3) is 0 Å². The van der Waals surface area contributed by atoms with Gasteiger partial charge in [0.1, 0.15) is 24.4 Å². The van der Waals surface area contributed by atoms with Crippen LogP contribution in [0.3, 0.4) is 0 Å². The third-order valence-electron chi connectivity index (χ3n) is 5.35. The van der Waals surface area contributed by atoms with Gasteiger partial charge in [0, 0.05) is 50.9 Å². The summed E-state index contributed by atoms with van der Waals surface area (Å²) in [4.78, 5) is 8.95. The predicted molar refractivity (Wildman–Crippen MR) is 114 cm³/mol. The summed E-state index contributed by atoms with van der Waals surface area (Å²) in [5, 5.41) is 5.95. The molecule has 160 valence electrons. The highest BCUT2D eigenvalue weighted by Crippen LogP contribution is 2.30. The standard InChI is InChI=1S/C21H27FN6O2/c1-15-11-17(29-10-9-27-7-5-26(2)6-8-27)13-28-20(15)21(24-14-25-28)30-19-4-3-16(23)12-18(19)22/h3-4,12-14H,5-11,23H2,1-2H3. The largest absolute Gasteiger partial charge is 0.495 e. The molecule has 0 saturated carbocycles. The molecule has 0 atom stereocenters. The molecule has 1 aromatic rings. The zero-order valence-electron chi connectivity index (χ0n) is 17.3. The predicted octanol–water partition coefficient (Wildman–Crippen LogP) is 2.23. The number of rotatable bonds is 5. The van der Waals surface area contributed by atoms with Crippen molar-refractivity contribution in [3.8, 4) is 5.75 Å². The zero-order valence-corrected chi connectivity index (χ0v) is 17.3. The van der Waals surface area contributed by atoms with Crippen LogP contribution in [0.25, 0.3) is 0 Å². The first kappa shape index (κ1) is 20.4. The quantitative estimate of drug-likeness (QED) is 0.745. The summed E-state index contributed by atoms with van der Waals surface area (Å²) < 4.78 is 25.9. The second-order valence-corrected chi connectivity index (χ2v) is 7.70. The van der Waals surface area contributed by atoms with E-state index < -0.39 is 5.82 Å². The van der Waals surface area contributed by atoms with E-state index in [9.17, 15) is 4.39 Å². The van der Waals surface area contributed by atoms with Gasteiger partial charge in [-0.2, -0.15) is 10.1 Å². The summed E-state index contributed by atoms with van der Waals surface area (Å²) >= 11 is 0. The number of anilines is 1. The number of piperazine rings is 1. The Kier molecular flexibility index (Phi) is 6.01. The molecule has 30 heavy (non-hydrogen) atoms. The van der Waals surface area contributed by atoms with Crippen molar-refractivity contribution >= 4 is 17.9 Å². The van der Waals surface area contributed by atoms with E-state index in [0.29, 0.717) is 30.3 Å². The molecule has 0 unspecified atom stereocenters. The van der Waals surface area contributed by atoms with Crippen LogP contribution >= 0.6 is 0 Å². The van der Waals surface area contributed by atoms with Gasteiger partial charge >= 0.3 is 0 Å². The van der Waals surface area contributed by atoms with Crippen LogP contribution < -0.4 is 10.5 Å². The van der Waals surface area contributed by atoms with Crippen molar-refractivity contribution in [1.29, 1.82) is 0 Å². The van der Waals surface area contributed by atoms with E-state index in [1.165, 1.54) is 18.5 Å². The number of hydrazone groups is 1. The number of aliphatic imine (C=N–C) groups is 1. The number of nitrogens with two attached hydrogens (primary N) is 1. The molecule has 2 N–H and O–H groups in total. The fourth-order valence-electron chi connectivity index (χ4n) is 3.60. The lowest BCUT2D eigenvalue weighted by molar-refractivity contribution is 0.109. The Balaban J connectivity index is 1.37. The maximum atomic E-state index is 14.1. The normalized spacial score (nSPS) is 20.0. The first-order valence-electron chi connectivity index (χ1n) is 10.1. The molecule has 0 amide bonds. The molecule has 1 saturated heterocycles. The fraction of sp³-hybridized carbons (Fsp3) is 0.429. The summed E-state index contributed by atoms with van der Waals surface area (Å²) in [5.74, 6) is 0.655. The third-order valence-corrected chi connectivity index (χ3v) is 5.35. The average Bonchev–Trinajstić information content (AvgIpc) is 2.71. The molecule has 3 aliphatic heterocycles. The number of benzene rings is 1. The number of allylic oxidation sites excluding steroid dienone is 1. The van der Waals surface area contributed by atoms with Crippen LogP contribution in [0.5, 0.6) is 5.75 Å². The number of nitrogens with zero attached hydrogens (tertiary/aromatic N) is 5. The van der Waals surface area contributed by atoms with Crippen LogP contribution in [0.4, 0.5) is 10.1 Å². The van der Waals surface area contributed by atoms with Crippen LogP contribution in [-0.4, -0.2) is 73.4 Å². The molecular weight excluding hydrogens is 387 g/mol. The summed E-state index contributed by atoms with van der Waals surface area (Å²) in [6.45, 7) is 7.81. The van der Waals surface area contributed by atoms with Crippen LogP contribution in [0.2, 0.25) is 0 Å². The van der Waals surface area contributed by atoms with E-state index in [4.69, 9.17) is 15.2 Å². The number of fused-ring (bicyclic) bond motifs is 1. The fourth-order valence-corrected chi connectivity index (χ4v) is 3.60. The second-order valence-electron chi connectivity index (χ2n) is 7.70. The Morgan fingerprint density at radius 3 is 2.77 bits per heavy atom. The molecule has 1 fully saturated rings. The van der Waals surface area contributed by atoms with Crippen molar-refractivity contribution in [1.82, 2.24) is 14.8 Å². The number of hydrogen-bond acceptors (Lipinski definition) is 8. The van der Waals surface area contributed by atoms with Crippen molar-refractivity contribution in [3.63, 3.8) is 0 Å². The molecular formula is C21H27FN6O2. The van der Waals surface area contributed by atoms with Gasteiger partial charge in [0.15, 0.2) is 11.6 Å². The molecule has 0 radical (unpaired) electrons. The van der Waals surface area contributed by atoms with Gasteiger partial charge in [-0.15, -0.1) is 0 Å². The van der Waals surface area contributed by atoms with Crippen LogP contribution in [-0.2, 0) is 4.74 Å². The molecule has 3 heterocycles. The Morgan fingerprint density at radius 1 is 1.20 bits per heavy atom. The third kappa shape index (κ3) is 4.63. The molecule has 0 spiro atoms. The van der Waals surface area contributed by atoms with Gasteiger partial charge in [0.2, 0.25) is 5.90 Å². The molecule has 1 aromatic carbocycles. The van der Waals surface area contributed by atoms with Crippen LogP contribution in [0.1, 0.15) is 13.3 Å². The molecule has 9 heteroatoms. The minimum atomic E-state index is -0.538. The lowest BCUT2D eigenvalue weighted by Gasteiger charge is -2.32. The van der Waals surface area contributed by atoms with Crippen molar-refractivity contribution in [2.24, 2.45) is 10.1 Å². The minimum absolute atomic E-state index is 0.0664. The van der Waals surface area contributed by atoms with E-state index in [1.807, 2.05) is 13.1 Å². The first-order valence-corrected chi connectivity index (χ1v) is 10.1. The molecule has 0 aromatic heterocycles. The van der Waals surface area contributed by atoms with Crippen molar-refractivity contribution in [2.45, 2.75) is 13.3 Å². The SMILES string of the molecule is CC1=C2C(Oc3ccc(N)cc3F)=NC=NN2C=C(OCCN2CCN(C)CC2)C1. The van der Waals surface area contributed by atoms with E-state index in [0.717, 1.165) is 44.1 Å². The summed E-state index contributed by atoms with van der Waals surface area (Å²) in [5.41, 5.74) is 7.62. The second kappa shape index (κ2) is 8.85. The maximum absolute atomic E-state index is 14.1. The number of nitrogen functional groups attached to an aromatic ring is 1. The Morgan fingerprint density at radius 2 is 2.00 bits per heavy atom. The van der Waals surface area contributed by atoms with Crippen molar-refractivity contribution < 1.29 is 13.9 Å². The summed E-state index contributed by atoms with van der Waals surface area (Å²) in [6, 6.07) is 4.30. The number of ether oxygens (including phenoxy) is 2. The van der Waals surface area contributed by atoms with Crippen LogP contribution in [0.15, 0.2) is 51.5 Å². The van der Waals surface area contributed by atoms with E-state index in [2.05, 4.69) is 26.9 Å². The zero-order chi connectivity index (χ0) is 21.1. The van der Waals surface area contributed by atoms with Crippen molar-refractivity contribution in [2.75, 3.05) is 52.1 Å². The number of hydrogen-bond donors (Lipinski definition) is 1. The monoisotopic (exact) mass is 414 g/mol. The number of halogens is 1. The van der Waals surface area contributed by atoms with Gasteiger partial charge < -0.3 is 20.1 Å². The highest BCUT2D eigenvalue weighted by Gasteiger charge is 2.27. The maximum Gasteiger partial charge on any atom is 0.247 e. The van der Waals surface area contributed by atoms with Gasteiger partial charge in [-0.05, 0) is 31.7 Å². The molecule has 0 bridgehead atoms. The molecule has 8 nitrogen and oxygen atoms in total. The minimum Gasteiger partial charge on any atom is -0.495 e. The van der Waals surface area contributed by atoms with E-state index >= 15 is 0 Å². The number of likely N-dealkylation sites (N-methyl/N-ethyl adjacent to an activating group) is 1. The first-order chi connectivity index (χ1) is 14.5. The topological polar surface area (TPSA) is 78.9 Å². The summed E-state index contributed by atoms with van der Waals surface area (Å²) in [7, 11) is 2.15. The Labute approximate surface area is 175 Å². The van der Waals surface area contributed by atoms with Gasteiger partial charge in [-0.25, -0.2) is 9.40 Å². The van der Waals surface area contributed by atoms with Crippen molar-refractivity contribution in [3.05, 3.63) is 47.2 Å². The average molecular weight is 414 g/mol. The summed E-state index contributed by atoms with van der Waals surface area (Å²) in [6.07, 6.45) is 3.84. The lowest BCUT2D eigenvalue weighted by atomic mass is 10.1. The molecule has 0 aliphatic carbocycles. The molecule has 4 rings (SSSR count). The van der Waals surface area contributed by atoms with E-state index in [-0.39, 0.29) is 5.75 Å². The Hall–Kier alpha value is -2.91.